The smallest absolute Gasteiger partial charge is 0.255 e. The maximum Gasteiger partial charge on any atom is 0.255 e. The summed E-state index contributed by atoms with van der Waals surface area (Å²) in [6.07, 6.45) is 2.18. The number of hydrogen-bond acceptors (Lipinski definition) is 6. The van der Waals surface area contributed by atoms with Gasteiger partial charge in [0.05, 0.1) is 30.8 Å². The van der Waals surface area contributed by atoms with Gasteiger partial charge in [-0.1, -0.05) is 0 Å². The zero-order valence-corrected chi connectivity index (χ0v) is 16.9. The number of rotatable bonds is 7. The van der Waals surface area contributed by atoms with Gasteiger partial charge in [0, 0.05) is 25.7 Å². The van der Waals surface area contributed by atoms with E-state index in [4.69, 9.17) is 15.2 Å². The molecular weight excluding hydrogens is 394 g/mol. The van der Waals surface area contributed by atoms with Crippen molar-refractivity contribution in [2.45, 2.75) is 23.8 Å². The van der Waals surface area contributed by atoms with Crippen LogP contribution in [-0.4, -0.2) is 64.6 Å². The molecule has 1 amide bonds. The first kappa shape index (κ1) is 21.9. The number of amides is 1. The molecule has 1 saturated heterocycles. The summed E-state index contributed by atoms with van der Waals surface area (Å²) >= 11 is 0. The first-order valence-electron chi connectivity index (χ1n) is 8.73. The van der Waals surface area contributed by atoms with Crippen LogP contribution in [0.3, 0.4) is 0 Å². The molecule has 1 aromatic carbocycles. The van der Waals surface area contributed by atoms with E-state index in [9.17, 15) is 13.2 Å². The van der Waals surface area contributed by atoms with E-state index in [0.717, 1.165) is 12.8 Å². The molecule has 27 heavy (non-hydrogen) atoms. The summed E-state index contributed by atoms with van der Waals surface area (Å²) in [5.74, 6) is 0.394. The molecule has 2 aliphatic rings. The number of hydrogen-bond donors (Lipinski definition) is 2. The van der Waals surface area contributed by atoms with Gasteiger partial charge in [-0.2, -0.15) is 4.31 Å². The summed E-state index contributed by atoms with van der Waals surface area (Å²) in [5, 5.41) is 2.78. The number of carbonyl (C=O) groups excluding carboxylic acids is 1. The average Bonchev–Trinajstić information content (AvgIpc) is 3.51. The zero-order valence-electron chi connectivity index (χ0n) is 15.2. The van der Waals surface area contributed by atoms with Gasteiger partial charge in [0.15, 0.2) is 0 Å². The Morgan fingerprint density at radius 3 is 2.63 bits per heavy atom. The van der Waals surface area contributed by atoms with Gasteiger partial charge < -0.3 is 20.5 Å². The first-order chi connectivity index (χ1) is 12.4. The minimum Gasteiger partial charge on any atom is -0.496 e. The predicted octanol–water partition coefficient (Wildman–Crippen LogP) is 0.605. The maximum atomic E-state index is 12.8. The molecule has 1 aliphatic carbocycles. The lowest BCUT2D eigenvalue weighted by Gasteiger charge is -2.26. The van der Waals surface area contributed by atoms with Crippen LogP contribution in [0.5, 0.6) is 5.75 Å². The molecule has 2 fully saturated rings. The second-order valence-corrected chi connectivity index (χ2v) is 8.53. The summed E-state index contributed by atoms with van der Waals surface area (Å²) in [4.78, 5) is 12.6. The average molecular weight is 420 g/mol. The molecule has 10 heteroatoms. The highest BCUT2D eigenvalue weighted by Gasteiger charge is 2.30. The molecule has 0 bridgehead atoms. The van der Waals surface area contributed by atoms with Crippen molar-refractivity contribution < 1.29 is 22.7 Å². The molecule has 1 heterocycles. The van der Waals surface area contributed by atoms with Crippen molar-refractivity contribution in [1.29, 1.82) is 0 Å². The SMILES string of the molecule is COc1ccc(S(=O)(=O)N2CCOCC2)cc1C(=O)NCC(N)C1CC1.Cl. The Hall–Kier alpha value is -1.39. The van der Waals surface area contributed by atoms with Gasteiger partial charge in [0.1, 0.15) is 5.75 Å². The number of methoxy groups -OCH3 is 1. The lowest BCUT2D eigenvalue weighted by atomic mass is 10.1. The maximum absolute atomic E-state index is 12.8. The number of nitrogens with two attached hydrogens (primary N) is 1. The molecule has 152 valence electrons. The number of benzene rings is 1. The molecule has 1 atom stereocenters. The van der Waals surface area contributed by atoms with Crippen molar-refractivity contribution in [3.05, 3.63) is 23.8 Å². The number of sulfonamides is 1. The van der Waals surface area contributed by atoms with E-state index < -0.39 is 15.9 Å². The molecule has 1 aliphatic heterocycles. The summed E-state index contributed by atoms with van der Waals surface area (Å²) < 4.78 is 37.4. The number of carbonyl (C=O) groups is 1. The highest BCUT2D eigenvalue weighted by Crippen LogP contribution is 2.31. The van der Waals surface area contributed by atoms with E-state index in [1.807, 2.05) is 0 Å². The van der Waals surface area contributed by atoms with Crippen LogP contribution in [0.4, 0.5) is 0 Å². The molecule has 0 radical (unpaired) electrons. The van der Waals surface area contributed by atoms with Crippen LogP contribution in [0.25, 0.3) is 0 Å². The second kappa shape index (κ2) is 9.20. The third-order valence-electron chi connectivity index (χ3n) is 4.75. The van der Waals surface area contributed by atoms with Gasteiger partial charge in [-0.25, -0.2) is 8.42 Å². The lowest BCUT2D eigenvalue weighted by Crippen LogP contribution is -2.41. The Bertz CT molecular complexity index is 764. The van der Waals surface area contributed by atoms with Gasteiger partial charge in [-0.15, -0.1) is 12.4 Å². The Morgan fingerprint density at radius 1 is 1.37 bits per heavy atom. The largest absolute Gasteiger partial charge is 0.496 e. The summed E-state index contributed by atoms with van der Waals surface area (Å²) in [7, 11) is -2.24. The fraction of sp³-hybridized carbons (Fsp3) is 0.588. The minimum absolute atomic E-state index is 0. The van der Waals surface area contributed by atoms with Crippen LogP contribution in [0.2, 0.25) is 0 Å². The van der Waals surface area contributed by atoms with E-state index in [1.165, 1.54) is 29.6 Å². The van der Waals surface area contributed by atoms with Crippen LogP contribution >= 0.6 is 12.4 Å². The molecule has 1 saturated carbocycles. The van der Waals surface area contributed by atoms with Gasteiger partial charge >= 0.3 is 0 Å². The van der Waals surface area contributed by atoms with E-state index in [1.54, 1.807) is 0 Å². The monoisotopic (exact) mass is 419 g/mol. The highest BCUT2D eigenvalue weighted by atomic mass is 35.5. The normalized spacial score (nSPS) is 19.0. The third kappa shape index (κ3) is 5.11. The number of halogens is 1. The molecule has 0 aromatic heterocycles. The van der Waals surface area contributed by atoms with Crippen LogP contribution in [0.1, 0.15) is 23.2 Å². The summed E-state index contributed by atoms with van der Waals surface area (Å²) in [6.45, 7) is 1.68. The number of morpholine rings is 1. The third-order valence-corrected chi connectivity index (χ3v) is 6.64. The topological polar surface area (TPSA) is 111 Å². The van der Waals surface area contributed by atoms with Crippen LogP contribution < -0.4 is 15.8 Å². The highest BCUT2D eigenvalue weighted by molar-refractivity contribution is 7.89. The van der Waals surface area contributed by atoms with Crippen molar-refractivity contribution in [1.82, 2.24) is 9.62 Å². The molecule has 8 nitrogen and oxygen atoms in total. The van der Waals surface area contributed by atoms with Crippen molar-refractivity contribution in [2.75, 3.05) is 40.0 Å². The van der Waals surface area contributed by atoms with Gasteiger partial charge in [-0.05, 0) is 37.0 Å². The Labute approximate surface area is 165 Å². The standard InChI is InChI=1S/C17H25N3O5S.ClH/c1-24-16-5-4-13(26(22,23)20-6-8-25-9-7-20)10-14(16)17(21)19-11-15(18)12-2-3-12;/h4-5,10,12,15H,2-3,6-9,11,18H2,1H3,(H,19,21);1H. The Kier molecular flexibility index (Phi) is 7.47. The predicted molar refractivity (Wildman–Crippen MR) is 103 cm³/mol. The van der Waals surface area contributed by atoms with Crippen molar-refractivity contribution in [3.63, 3.8) is 0 Å². The number of nitrogens with zero attached hydrogens (tertiary/aromatic N) is 1. The van der Waals surface area contributed by atoms with Crippen LogP contribution in [0, 0.1) is 5.92 Å². The minimum atomic E-state index is -3.68. The van der Waals surface area contributed by atoms with Crippen molar-refractivity contribution in [2.24, 2.45) is 11.7 Å². The van der Waals surface area contributed by atoms with E-state index in [0.29, 0.717) is 44.5 Å². The van der Waals surface area contributed by atoms with Crippen LogP contribution in [0.15, 0.2) is 23.1 Å². The Balaban J connectivity index is 0.00000261. The first-order valence-corrected chi connectivity index (χ1v) is 10.2. The Morgan fingerprint density at radius 2 is 2.04 bits per heavy atom. The fourth-order valence-corrected chi connectivity index (χ4v) is 4.39. The fourth-order valence-electron chi connectivity index (χ4n) is 2.96. The van der Waals surface area contributed by atoms with E-state index in [-0.39, 0.29) is 28.9 Å². The molecule has 1 unspecified atom stereocenters. The molecular formula is C17H26ClN3O5S. The van der Waals surface area contributed by atoms with Gasteiger partial charge in [0.25, 0.3) is 5.91 Å². The van der Waals surface area contributed by atoms with Gasteiger partial charge in [-0.3, -0.25) is 4.79 Å². The van der Waals surface area contributed by atoms with Gasteiger partial charge in [0.2, 0.25) is 10.0 Å². The number of ether oxygens (including phenoxy) is 2. The number of nitrogens with one attached hydrogen (secondary N) is 1. The van der Waals surface area contributed by atoms with Crippen molar-refractivity contribution in [3.8, 4) is 5.75 Å². The molecule has 1 aromatic rings. The zero-order chi connectivity index (χ0) is 18.7. The summed E-state index contributed by atoms with van der Waals surface area (Å²) in [6, 6.07) is 4.24. The van der Waals surface area contributed by atoms with E-state index in [2.05, 4.69) is 5.32 Å². The molecule has 3 N–H and O–H groups in total. The second-order valence-electron chi connectivity index (χ2n) is 6.59. The summed E-state index contributed by atoms with van der Waals surface area (Å²) in [5.41, 5.74) is 6.20. The van der Waals surface area contributed by atoms with Crippen LogP contribution in [-0.2, 0) is 14.8 Å². The molecule has 0 spiro atoms. The lowest BCUT2D eigenvalue weighted by molar-refractivity contribution is 0.0730. The van der Waals surface area contributed by atoms with Crippen molar-refractivity contribution >= 4 is 28.3 Å². The molecule has 3 rings (SSSR count). The van der Waals surface area contributed by atoms with E-state index >= 15 is 0 Å². The quantitative estimate of drug-likeness (QED) is 0.669.